The van der Waals surface area contributed by atoms with E-state index in [0.717, 1.165) is 12.1 Å². The number of hydrogen-bond acceptors (Lipinski definition) is 4. The number of fused-ring (bicyclic) bond motifs is 1. The van der Waals surface area contributed by atoms with E-state index in [1.807, 2.05) is 6.07 Å². The number of amides is 2. The zero-order valence-corrected chi connectivity index (χ0v) is 15.8. The maximum absolute atomic E-state index is 13.9. The summed E-state index contributed by atoms with van der Waals surface area (Å²) < 4.78 is 26.9. The molecule has 0 aliphatic carbocycles. The van der Waals surface area contributed by atoms with Gasteiger partial charge in [-0.1, -0.05) is 30.3 Å². The van der Waals surface area contributed by atoms with Crippen LogP contribution in [0, 0.1) is 21.7 Å². The van der Waals surface area contributed by atoms with E-state index >= 15 is 0 Å². The van der Waals surface area contributed by atoms with Crippen molar-refractivity contribution in [1.29, 1.82) is 0 Å². The van der Waals surface area contributed by atoms with Crippen LogP contribution < -0.4 is 10.6 Å². The molecule has 0 saturated heterocycles. The summed E-state index contributed by atoms with van der Waals surface area (Å²) in [6.45, 7) is 0. The molecule has 0 aliphatic rings. The quantitative estimate of drug-likeness (QED) is 0.325. The third kappa shape index (κ3) is 4.15. The second kappa shape index (κ2) is 8.15. The van der Waals surface area contributed by atoms with Crippen LogP contribution in [0.2, 0.25) is 0 Å². The van der Waals surface area contributed by atoms with Crippen LogP contribution in [0.3, 0.4) is 0 Å². The summed E-state index contributed by atoms with van der Waals surface area (Å²) in [7, 11) is 0. The number of nitro groups is 1. The fourth-order valence-electron chi connectivity index (χ4n) is 3.17. The smallest absolute Gasteiger partial charge is 0.306 e. The van der Waals surface area contributed by atoms with E-state index in [4.69, 9.17) is 0 Å². The molecular weight excluding hydrogens is 406 g/mol. The van der Waals surface area contributed by atoms with Gasteiger partial charge in [-0.2, -0.15) is 0 Å². The van der Waals surface area contributed by atoms with Crippen molar-refractivity contribution in [2.24, 2.45) is 0 Å². The Morgan fingerprint density at radius 3 is 2.39 bits per heavy atom. The van der Waals surface area contributed by atoms with Crippen molar-refractivity contribution in [2.75, 3.05) is 10.6 Å². The first-order chi connectivity index (χ1) is 14.9. The Morgan fingerprint density at radius 1 is 0.935 bits per heavy atom. The minimum atomic E-state index is -0.925. The molecule has 0 unspecified atom stereocenters. The van der Waals surface area contributed by atoms with Crippen LogP contribution in [-0.2, 0) is 0 Å². The second-order valence-electron chi connectivity index (χ2n) is 6.57. The molecule has 1 heterocycles. The second-order valence-corrected chi connectivity index (χ2v) is 6.57. The Labute approximate surface area is 174 Å². The lowest BCUT2D eigenvalue weighted by atomic mass is 9.99. The highest BCUT2D eigenvalue weighted by molar-refractivity contribution is 6.08. The van der Waals surface area contributed by atoms with Gasteiger partial charge in [0.25, 0.3) is 5.69 Å². The number of anilines is 2. The van der Waals surface area contributed by atoms with Crippen molar-refractivity contribution in [1.82, 2.24) is 4.98 Å². The predicted octanol–water partition coefficient (Wildman–Crippen LogP) is 5.73. The van der Waals surface area contributed by atoms with Gasteiger partial charge >= 0.3 is 6.03 Å². The van der Waals surface area contributed by atoms with Gasteiger partial charge in [0.15, 0.2) is 0 Å². The fraction of sp³-hybridized carbons (Fsp3) is 0. The summed E-state index contributed by atoms with van der Waals surface area (Å²) in [5, 5.41) is 16.6. The van der Waals surface area contributed by atoms with Crippen LogP contribution in [-0.4, -0.2) is 15.9 Å². The Kier molecular flexibility index (Phi) is 5.23. The van der Waals surface area contributed by atoms with Crippen molar-refractivity contribution < 1.29 is 18.5 Å². The largest absolute Gasteiger partial charge is 0.323 e. The number of aromatic nitrogens is 1. The number of benzene rings is 3. The van der Waals surface area contributed by atoms with Crippen LogP contribution >= 0.6 is 0 Å². The lowest BCUT2D eigenvalue weighted by molar-refractivity contribution is -0.384. The maximum Gasteiger partial charge on any atom is 0.323 e. The molecule has 7 nitrogen and oxygen atoms in total. The zero-order valence-electron chi connectivity index (χ0n) is 15.8. The van der Waals surface area contributed by atoms with E-state index in [1.165, 1.54) is 24.4 Å². The highest BCUT2D eigenvalue weighted by Crippen LogP contribution is 2.36. The lowest BCUT2D eigenvalue weighted by Gasteiger charge is -2.15. The maximum atomic E-state index is 13.9. The van der Waals surface area contributed by atoms with E-state index in [-0.39, 0.29) is 17.1 Å². The summed E-state index contributed by atoms with van der Waals surface area (Å²) >= 11 is 0. The number of urea groups is 1. The molecule has 3 aromatic carbocycles. The van der Waals surface area contributed by atoms with Crippen LogP contribution in [0.4, 0.5) is 30.6 Å². The highest BCUT2D eigenvalue weighted by Gasteiger charge is 2.17. The molecule has 0 spiro atoms. The summed E-state index contributed by atoms with van der Waals surface area (Å²) in [5.41, 5.74) is 1.65. The van der Waals surface area contributed by atoms with Crippen LogP contribution in [0.25, 0.3) is 22.0 Å². The molecule has 0 aliphatic heterocycles. The Morgan fingerprint density at radius 2 is 1.68 bits per heavy atom. The first kappa shape index (κ1) is 19.9. The van der Waals surface area contributed by atoms with E-state index in [9.17, 15) is 23.7 Å². The molecule has 4 aromatic rings. The number of halogens is 2. The standard InChI is InChI=1S/C22H14F2N4O3/c23-14-6-8-19(17(24)10-14)26-22(29)27-20-12-25-18-9-7-15(28(30)31)11-16(18)21(20)13-4-2-1-3-5-13/h1-12H,(H2,26,27,29). The number of carbonyl (C=O) groups excluding carboxylic acids is 1. The van der Waals surface area contributed by atoms with Gasteiger partial charge in [-0.15, -0.1) is 0 Å². The minimum absolute atomic E-state index is 0.124. The number of nitrogens with zero attached hydrogens (tertiary/aromatic N) is 2. The van der Waals surface area contributed by atoms with Crippen molar-refractivity contribution in [3.8, 4) is 11.1 Å². The molecule has 0 saturated carbocycles. The van der Waals surface area contributed by atoms with Crippen LogP contribution in [0.1, 0.15) is 0 Å². The Bertz CT molecular complexity index is 1310. The molecule has 0 atom stereocenters. The van der Waals surface area contributed by atoms with Gasteiger partial charge in [0.05, 0.1) is 28.0 Å². The third-order valence-corrected chi connectivity index (χ3v) is 4.55. The molecule has 0 fully saturated rings. The van der Waals surface area contributed by atoms with Gasteiger partial charge in [-0.3, -0.25) is 15.1 Å². The van der Waals surface area contributed by atoms with E-state index in [1.54, 1.807) is 24.3 Å². The van der Waals surface area contributed by atoms with Gasteiger partial charge < -0.3 is 10.6 Å². The summed E-state index contributed by atoms with van der Waals surface area (Å²) in [4.78, 5) is 27.5. The summed E-state index contributed by atoms with van der Waals surface area (Å²) in [5.74, 6) is -1.69. The van der Waals surface area contributed by atoms with Gasteiger partial charge in [-0.25, -0.2) is 13.6 Å². The van der Waals surface area contributed by atoms with Crippen LogP contribution in [0.15, 0.2) is 72.9 Å². The average molecular weight is 420 g/mol. The molecule has 2 N–H and O–H groups in total. The number of hydrogen-bond donors (Lipinski definition) is 2. The minimum Gasteiger partial charge on any atom is -0.306 e. The van der Waals surface area contributed by atoms with Crippen molar-refractivity contribution in [2.45, 2.75) is 0 Å². The van der Waals surface area contributed by atoms with E-state index in [0.29, 0.717) is 28.1 Å². The topological polar surface area (TPSA) is 97.2 Å². The van der Waals surface area contributed by atoms with Gasteiger partial charge in [-0.05, 0) is 23.8 Å². The Hall–Kier alpha value is -4.40. The molecule has 0 radical (unpaired) electrons. The van der Waals surface area contributed by atoms with Crippen molar-refractivity contribution in [3.05, 3.63) is 94.7 Å². The molecule has 2 amide bonds. The summed E-state index contributed by atoms with van der Waals surface area (Å²) in [6, 6.07) is 15.2. The normalized spacial score (nSPS) is 10.6. The van der Waals surface area contributed by atoms with Gasteiger partial charge in [0, 0.05) is 29.1 Å². The van der Waals surface area contributed by atoms with E-state index < -0.39 is 22.6 Å². The monoisotopic (exact) mass is 420 g/mol. The summed E-state index contributed by atoms with van der Waals surface area (Å²) in [6.07, 6.45) is 1.41. The SMILES string of the molecule is O=C(Nc1ccc(F)cc1F)Nc1cnc2ccc([N+](=O)[O-])cc2c1-c1ccccc1. The first-order valence-electron chi connectivity index (χ1n) is 9.08. The molecule has 154 valence electrons. The molecule has 9 heteroatoms. The highest BCUT2D eigenvalue weighted by atomic mass is 19.1. The third-order valence-electron chi connectivity index (χ3n) is 4.55. The van der Waals surface area contributed by atoms with E-state index in [2.05, 4.69) is 15.6 Å². The Balaban J connectivity index is 1.77. The fourth-order valence-corrected chi connectivity index (χ4v) is 3.17. The molecule has 31 heavy (non-hydrogen) atoms. The molecular formula is C22H14F2N4O3. The average Bonchev–Trinajstić information content (AvgIpc) is 2.75. The number of nitrogens with one attached hydrogen (secondary N) is 2. The van der Waals surface area contributed by atoms with Crippen LogP contribution in [0.5, 0.6) is 0 Å². The molecule has 4 rings (SSSR count). The number of rotatable bonds is 4. The number of carbonyl (C=O) groups is 1. The van der Waals surface area contributed by atoms with Crippen molar-refractivity contribution in [3.63, 3.8) is 0 Å². The predicted molar refractivity (Wildman–Crippen MR) is 113 cm³/mol. The van der Waals surface area contributed by atoms with Crippen molar-refractivity contribution >= 4 is 34.0 Å². The zero-order chi connectivity index (χ0) is 22.0. The van der Waals surface area contributed by atoms with Gasteiger partial charge in [0.1, 0.15) is 11.6 Å². The molecule has 0 bridgehead atoms. The van der Waals surface area contributed by atoms with Gasteiger partial charge in [0.2, 0.25) is 0 Å². The number of nitro benzene ring substituents is 1. The number of pyridine rings is 1. The first-order valence-corrected chi connectivity index (χ1v) is 9.08. The molecule has 1 aromatic heterocycles. The number of non-ortho nitro benzene ring substituents is 1. The lowest BCUT2D eigenvalue weighted by Crippen LogP contribution is -2.20.